The first-order chi connectivity index (χ1) is 13.0. The summed E-state index contributed by atoms with van der Waals surface area (Å²) < 4.78 is 14.6. The molecule has 136 valence electrons. The van der Waals surface area contributed by atoms with Crippen LogP contribution < -0.4 is 10.6 Å². The second-order valence-corrected chi connectivity index (χ2v) is 6.41. The molecule has 1 unspecified atom stereocenters. The molecule has 0 fully saturated rings. The maximum absolute atomic E-state index is 13.2. The van der Waals surface area contributed by atoms with E-state index in [1.54, 1.807) is 30.3 Å². The van der Waals surface area contributed by atoms with Crippen LogP contribution in [0.4, 0.5) is 16.0 Å². The molecule has 2 N–H and O–H groups in total. The first-order valence-corrected chi connectivity index (χ1v) is 8.46. The van der Waals surface area contributed by atoms with E-state index in [0.29, 0.717) is 16.5 Å². The van der Waals surface area contributed by atoms with E-state index in [2.05, 4.69) is 20.7 Å². The minimum Gasteiger partial charge on any atom is -0.326 e. The normalized spacial score (nSPS) is 15.3. The van der Waals surface area contributed by atoms with E-state index in [1.807, 2.05) is 0 Å². The minimum absolute atomic E-state index is 0.154. The van der Waals surface area contributed by atoms with Gasteiger partial charge in [0.2, 0.25) is 11.9 Å². The van der Waals surface area contributed by atoms with Gasteiger partial charge in [-0.25, -0.2) is 9.07 Å². The number of nitrogens with one attached hydrogen (secondary N) is 2. The zero-order valence-corrected chi connectivity index (χ0v) is 14.6. The molecule has 7 nitrogen and oxygen atoms in total. The van der Waals surface area contributed by atoms with Gasteiger partial charge in [-0.05, 0) is 42.5 Å². The van der Waals surface area contributed by atoms with Crippen LogP contribution in [0.1, 0.15) is 12.5 Å². The van der Waals surface area contributed by atoms with Crippen molar-refractivity contribution in [2.45, 2.75) is 12.5 Å². The third-order valence-corrected chi connectivity index (χ3v) is 4.31. The van der Waals surface area contributed by atoms with Gasteiger partial charge >= 0.3 is 0 Å². The Bertz CT molecular complexity index is 1030. The highest BCUT2D eigenvalue weighted by molar-refractivity contribution is 6.30. The Morgan fingerprint density at radius 2 is 2.04 bits per heavy atom. The Hall–Kier alpha value is -3.26. The fourth-order valence-corrected chi connectivity index (χ4v) is 2.91. The average molecular weight is 386 g/mol. The van der Waals surface area contributed by atoms with Crippen molar-refractivity contribution in [1.29, 1.82) is 0 Å². The summed E-state index contributed by atoms with van der Waals surface area (Å²) in [6.07, 6.45) is -0.154. The van der Waals surface area contributed by atoms with Crippen molar-refractivity contribution in [2.24, 2.45) is 0 Å². The molecule has 0 saturated carbocycles. The van der Waals surface area contributed by atoms with Gasteiger partial charge in [-0.3, -0.25) is 14.9 Å². The third kappa shape index (κ3) is 3.52. The summed E-state index contributed by atoms with van der Waals surface area (Å²) in [5.74, 6) is -0.581. The Labute approximate surface area is 158 Å². The monoisotopic (exact) mass is 385 g/mol. The first kappa shape index (κ1) is 17.2. The van der Waals surface area contributed by atoms with Gasteiger partial charge < -0.3 is 5.32 Å². The van der Waals surface area contributed by atoms with E-state index in [-0.39, 0.29) is 18.3 Å². The van der Waals surface area contributed by atoms with E-state index in [0.717, 1.165) is 5.56 Å². The molecule has 0 bridgehead atoms. The van der Waals surface area contributed by atoms with Crippen molar-refractivity contribution in [3.05, 3.63) is 59.4 Å². The Morgan fingerprint density at radius 3 is 2.78 bits per heavy atom. The van der Waals surface area contributed by atoms with E-state index >= 15 is 0 Å². The highest BCUT2D eigenvalue weighted by Gasteiger charge is 2.35. The summed E-state index contributed by atoms with van der Waals surface area (Å²) in [4.78, 5) is 28.7. The number of aromatic nitrogens is 3. The van der Waals surface area contributed by atoms with Gasteiger partial charge in [-0.15, -0.1) is 5.10 Å². The van der Waals surface area contributed by atoms with Crippen molar-refractivity contribution in [3.8, 4) is 11.4 Å². The predicted octanol–water partition coefficient (Wildman–Crippen LogP) is 3.26. The van der Waals surface area contributed by atoms with Crippen LogP contribution in [0, 0.1) is 5.82 Å². The summed E-state index contributed by atoms with van der Waals surface area (Å²) in [6, 6.07) is 11.7. The number of benzene rings is 2. The van der Waals surface area contributed by atoms with Crippen LogP contribution in [0.5, 0.6) is 0 Å². The largest absolute Gasteiger partial charge is 0.326 e. The van der Waals surface area contributed by atoms with Crippen molar-refractivity contribution in [2.75, 3.05) is 10.6 Å². The van der Waals surface area contributed by atoms with Crippen LogP contribution >= 0.6 is 11.6 Å². The molecule has 0 aliphatic carbocycles. The summed E-state index contributed by atoms with van der Waals surface area (Å²) in [7, 11) is 0. The van der Waals surface area contributed by atoms with Crippen LogP contribution in [-0.4, -0.2) is 26.6 Å². The van der Waals surface area contributed by atoms with Crippen molar-refractivity contribution in [1.82, 2.24) is 14.8 Å². The van der Waals surface area contributed by atoms with Gasteiger partial charge in [0, 0.05) is 16.3 Å². The molecule has 0 radical (unpaired) electrons. The molecule has 1 aliphatic heterocycles. The lowest BCUT2D eigenvalue weighted by Gasteiger charge is -2.10. The standard InChI is InChI=1S/C18H13ClFN5O2/c19-11-6-4-10(5-7-11)16-22-18-23-17(27)14(25(18)24-16)9-15(26)21-13-3-1-2-12(20)8-13/h1-8,14H,9H2,(H,21,26)(H,22,23,24,27). The zero-order chi connectivity index (χ0) is 19.0. The molecule has 1 aliphatic rings. The number of carbonyl (C=O) groups excluding carboxylic acids is 2. The number of carbonyl (C=O) groups is 2. The average Bonchev–Trinajstić information content (AvgIpc) is 3.15. The van der Waals surface area contributed by atoms with Crippen LogP contribution in [-0.2, 0) is 9.59 Å². The first-order valence-electron chi connectivity index (χ1n) is 8.08. The fraction of sp³-hybridized carbons (Fsp3) is 0.111. The lowest BCUT2D eigenvalue weighted by atomic mass is 10.2. The second-order valence-electron chi connectivity index (χ2n) is 5.98. The van der Waals surface area contributed by atoms with E-state index < -0.39 is 17.8 Å². The quantitative estimate of drug-likeness (QED) is 0.721. The number of anilines is 2. The molecule has 4 rings (SSSR count). The van der Waals surface area contributed by atoms with Gasteiger partial charge in [0.25, 0.3) is 5.91 Å². The zero-order valence-electron chi connectivity index (χ0n) is 13.8. The van der Waals surface area contributed by atoms with Gasteiger partial charge in [0.05, 0.1) is 6.42 Å². The maximum atomic E-state index is 13.2. The smallest absolute Gasteiger partial charge is 0.252 e. The molecule has 3 aromatic rings. The number of nitrogens with zero attached hydrogens (tertiary/aromatic N) is 3. The van der Waals surface area contributed by atoms with E-state index in [1.165, 1.54) is 22.9 Å². The number of amides is 2. The molecule has 2 heterocycles. The molecule has 9 heteroatoms. The number of hydrogen-bond acceptors (Lipinski definition) is 4. The summed E-state index contributed by atoms with van der Waals surface area (Å²) in [5.41, 5.74) is 1.05. The minimum atomic E-state index is -0.831. The predicted molar refractivity (Wildman–Crippen MR) is 97.8 cm³/mol. The Morgan fingerprint density at radius 1 is 1.26 bits per heavy atom. The lowest BCUT2D eigenvalue weighted by molar-refractivity contribution is -0.123. The molecule has 2 amide bonds. The summed E-state index contributed by atoms with van der Waals surface area (Å²) >= 11 is 5.88. The van der Waals surface area contributed by atoms with Crippen LogP contribution in [0.3, 0.4) is 0 Å². The summed E-state index contributed by atoms with van der Waals surface area (Å²) in [6.45, 7) is 0. The number of halogens is 2. The maximum Gasteiger partial charge on any atom is 0.252 e. The number of hydrogen-bond donors (Lipinski definition) is 2. The van der Waals surface area contributed by atoms with Gasteiger partial charge in [0.15, 0.2) is 5.82 Å². The van der Waals surface area contributed by atoms with Crippen LogP contribution in [0.15, 0.2) is 48.5 Å². The van der Waals surface area contributed by atoms with Crippen molar-refractivity contribution >= 4 is 35.1 Å². The highest BCUT2D eigenvalue weighted by atomic mass is 35.5. The van der Waals surface area contributed by atoms with Gasteiger partial charge in [-0.2, -0.15) is 4.98 Å². The molecule has 1 aromatic heterocycles. The SMILES string of the molecule is O=C(CC1C(=O)Nc2nc(-c3ccc(Cl)cc3)nn21)Nc1cccc(F)c1. The third-order valence-electron chi connectivity index (χ3n) is 4.05. The van der Waals surface area contributed by atoms with Crippen LogP contribution in [0.25, 0.3) is 11.4 Å². The molecular formula is C18H13ClFN5O2. The second kappa shape index (κ2) is 6.81. The molecular weight excluding hydrogens is 373 g/mol. The van der Waals surface area contributed by atoms with E-state index in [9.17, 15) is 14.0 Å². The fourth-order valence-electron chi connectivity index (χ4n) is 2.78. The number of fused-ring (bicyclic) bond motifs is 1. The lowest BCUT2D eigenvalue weighted by Crippen LogP contribution is -2.23. The molecule has 0 spiro atoms. The van der Waals surface area contributed by atoms with E-state index in [4.69, 9.17) is 11.6 Å². The molecule has 0 saturated heterocycles. The van der Waals surface area contributed by atoms with Gasteiger partial charge in [-0.1, -0.05) is 17.7 Å². The molecule has 1 atom stereocenters. The Balaban J connectivity index is 1.52. The topological polar surface area (TPSA) is 88.9 Å². The van der Waals surface area contributed by atoms with Crippen molar-refractivity contribution in [3.63, 3.8) is 0 Å². The van der Waals surface area contributed by atoms with Crippen molar-refractivity contribution < 1.29 is 14.0 Å². The summed E-state index contributed by atoms with van der Waals surface area (Å²) in [5, 5.41) is 10.1. The van der Waals surface area contributed by atoms with Gasteiger partial charge in [0.1, 0.15) is 11.9 Å². The molecule has 27 heavy (non-hydrogen) atoms. The molecule has 2 aromatic carbocycles. The number of rotatable bonds is 4. The van der Waals surface area contributed by atoms with Crippen LogP contribution in [0.2, 0.25) is 5.02 Å². The Kier molecular flexibility index (Phi) is 4.33. The highest BCUT2D eigenvalue weighted by Crippen LogP contribution is 2.29.